The minimum atomic E-state index is -4.08. The van der Waals surface area contributed by atoms with Gasteiger partial charge >= 0.3 is 0 Å². The van der Waals surface area contributed by atoms with Crippen LogP contribution in [0, 0.1) is 0 Å². The summed E-state index contributed by atoms with van der Waals surface area (Å²) >= 11 is 0. The van der Waals surface area contributed by atoms with E-state index in [4.69, 9.17) is 4.55 Å². The van der Waals surface area contributed by atoms with E-state index < -0.39 is 25.7 Å². The van der Waals surface area contributed by atoms with Gasteiger partial charge in [0.1, 0.15) is 6.54 Å². The average Bonchev–Trinajstić information content (AvgIpc) is 2.96. The molecule has 8 nitrogen and oxygen atoms in total. The number of rotatable bonds is 11. The fourth-order valence-electron chi connectivity index (χ4n) is 4.41. The molecule has 0 saturated heterocycles. The van der Waals surface area contributed by atoms with Crippen LogP contribution in [0.5, 0.6) is 0 Å². The number of hydrogen-bond acceptors (Lipinski definition) is 5. The van der Waals surface area contributed by atoms with E-state index in [1.54, 1.807) is 6.21 Å². The van der Waals surface area contributed by atoms with Crippen molar-refractivity contribution in [2.24, 2.45) is 4.99 Å². The highest BCUT2D eigenvalue weighted by Gasteiger charge is 2.47. The molecular weight excluding hydrogens is 464 g/mol. The molecule has 2 aromatic carbocycles. The van der Waals surface area contributed by atoms with E-state index in [-0.39, 0.29) is 24.3 Å². The van der Waals surface area contributed by atoms with Gasteiger partial charge in [0, 0.05) is 24.3 Å². The summed E-state index contributed by atoms with van der Waals surface area (Å²) in [5.41, 5.74) is 3.18. The van der Waals surface area contributed by atoms with E-state index >= 15 is 0 Å². The Balaban J connectivity index is 1.97. The molecule has 0 aliphatic carbocycles. The van der Waals surface area contributed by atoms with Crippen molar-refractivity contribution in [3.8, 4) is 0 Å². The number of aliphatic imine (C=N–C) groups is 1. The Hall–Kier alpha value is -2.40. The lowest BCUT2D eigenvalue weighted by Crippen LogP contribution is -2.34. The van der Waals surface area contributed by atoms with Crippen molar-refractivity contribution in [1.29, 1.82) is 0 Å². The molecular formula is C23H29N2O6S2+. The van der Waals surface area contributed by atoms with Crippen LogP contribution >= 0.6 is 0 Å². The molecule has 1 unspecified atom stereocenters. The zero-order chi connectivity index (χ0) is 24.1. The Morgan fingerprint density at radius 3 is 2.18 bits per heavy atom. The van der Waals surface area contributed by atoms with Crippen LogP contribution < -0.4 is 0 Å². The molecule has 0 bridgehead atoms. The first-order valence-electron chi connectivity index (χ1n) is 10.7. The maximum absolute atomic E-state index is 11.3. The number of para-hydroxylation sites is 2. The Bertz CT molecular complexity index is 1250. The largest absolute Gasteiger partial charge is 0.286 e. The summed E-state index contributed by atoms with van der Waals surface area (Å²) in [6, 6.07) is 17.2. The average molecular weight is 494 g/mol. The van der Waals surface area contributed by atoms with Gasteiger partial charge in [0.15, 0.2) is 5.71 Å². The maximum Gasteiger partial charge on any atom is 0.265 e. The van der Waals surface area contributed by atoms with Gasteiger partial charge < -0.3 is 0 Å². The van der Waals surface area contributed by atoms with Gasteiger partial charge in [-0.25, -0.2) is 0 Å². The third-order valence-electron chi connectivity index (χ3n) is 5.90. The van der Waals surface area contributed by atoms with E-state index in [2.05, 4.69) is 4.99 Å². The summed E-state index contributed by atoms with van der Waals surface area (Å²) in [5.74, 6) is -0.685. The van der Waals surface area contributed by atoms with Gasteiger partial charge in [-0.1, -0.05) is 36.4 Å². The summed E-state index contributed by atoms with van der Waals surface area (Å²) in [7, 11) is -8.16. The summed E-state index contributed by atoms with van der Waals surface area (Å²) in [6.07, 6.45) is 3.24. The van der Waals surface area contributed by atoms with Gasteiger partial charge in [-0.3, -0.25) is 14.1 Å². The topological polar surface area (TPSA) is 124 Å². The Morgan fingerprint density at radius 1 is 0.909 bits per heavy atom. The SMILES string of the molecule is CC1(CCCS(=O)(=O)O)C(CC=Nc2ccccc2)=[N+](CCCS(=O)(=O)O)c2ccccc21. The standard InChI is InChI=1S/C23H28N2O6S2/c1-23(14-7-17-32(26,27)28)20-11-5-6-12-21(20)25(16-8-18-33(29,30)31)22(23)13-15-24-19-9-3-2-4-10-19/h2-6,9-12,15H,7-8,13-14,16-18H2,1H3,(H-,26,27,28,29,30,31)/p+1. The Morgan fingerprint density at radius 2 is 1.52 bits per heavy atom. The predicted octanol–water partition coefficient (Wildman–Crippen LogP) is 3.78. The van der Waals surface area contributed by atoms with Gasteiger partial charge in [0.2, 0.25) is 5.69 Å². The van der Waals surface area contributed by atoms with E-state index in [0.717, 1.165) is 22.6 Å². The highest BCUT2D eigenvalue weighted by atomic mass is 32.2. The van der Waals surface area contributed by atoms with Gasteiger partial charge in [0.05, 0.1) is 29.0 Å². The van der Waals surface area contributed by atoms with Crippen LogP contribution in [-0.2, 0) is 25.7 Å². The van der Waals surface area contributed by atoms with Crippen molar-refractivity contribution in [3.05, 3.63) is 60.2 Å². The smallest absolute Gasteiger partial charge is 0.265 e. The molecule has 10 heteroatoms. The van der Waals surface area contributed by atoms with E-state index in [1.807, 2.05) is 66.1 Å². The predicted molar refractivity (Wildman–Crippen MR) is 129 cm³/mol. The molecule has 1 atom stereocenters. The van der Waals surface area contributed by atoms with Crippen LogP contribution in [-0.4, -0.2) is 60.5 Å². The lowest BCUT2D eigenvalue weighted by atomic mass is 9.75. The zero-order valence-electron chi connectivity index (χ0n) is 18.5. The maximum atomic E-state index is 11.3. The molecule has 178 valence electrons. The molecule has 0 amide bonds. The number of nitrogens with zero attached hydrogens (tertiary/aromatic N) is 2. The molecule has 0 fully saturated rings. The molecule has 1 aliphatic rings. The van der Waals surface area contributed by atoms with E-state index in [1.165, 1.54) is 0 Å². The third-order valence-corrected chi connectivity index (χ3v) is 7.51. The van der Waals surface area contributed by atoms with Crippen molar-refractivity contribution in [1.82, 2.24) is 0 Å². The first-order valence-corrected chi connectivity index (χ1v) is 13.9. The first-order chi connectivity index (χ1) is 15.5. The molecule has 1 heterocycles. The summed E-state index contributed by atoms with van der Waals surface area (Å²) in [6.45, 7) is 2.41. The second-order valence-electron chi connectivity index (χ2n) is 8.33. The molecule has 3 rings (SSSR count). The van der Waals surface area contributed by atoms with Gasteiger partial charge in [0.25, 0.3) is 20.2 Å². The highest BCUT2D eigenvalue weighted by molar-refractivity contribution is 7.86. The molecule has 0 saturated carbocycles. The molecule has 33 heavy (non-hydrogen) atoms. The number of benzene rings is 2. The Kier molecular flexibility index (Phi) is 7.84. The van der Waals surface area contributed by atoms with Crippen LogP contribution in [0.1, 0.15) is 38.2 Å². The van der Waals surface area contributed by atoms with Crippen molar-refractivity contribution in [2.45, 2.75) is 38.0 Å². The Labute approximate surface area is 195 Å². The summed E-state index contributed by atoms with van der Waals surface area (Å²) < 4.78 is 65.5. The lowest BCUT2D eigenvalue weighted by Gasteiger charge is -2.23. The quantitative estimate of drug-likeness (QED) is 0.279. The first kappa shape index (κ1) is 25.2. The van der Waals surface area contributed by atoms with Crippen LogP contribution in [0.25, 0.3) is 0 Å². The van der Waals surface area contributed by atoms with Crippen molar-refractivity contribution < 1.29 is 30.5 Å². The van der Waals surface area contributed by atoms with E-state index in [9.17, 15) is 21.4 Å². The normalized spacial score (nSPS) is 18.8. The third kappa shape index (κ3) is 6.80. The fraction of sp³-hybridized carbons (Fsp3) is 0.391. The summed E-state index contributed by atoms with van der Waals surface area (Å²) in [4.78, 5) is 4.53. The van der Waals surface area contributed by atoms with Crippen LogP contribution in [0.15, 0.2) is 59.6 Å². The van der Waals surface area contributed by atoms with Crippen molar-refractivity contribution in [2.75, 3.05) is 18.1 Å². The van der Waals surface area contributed by atoms with Crippen LogP contribution in [0.3, 0.4) is 0 Å². The number of fused-ring (bicyclic) bond motifs is 1. The molecule has 0 spiro atoms. The second-order valence-corrected chi connectivity index (χ2v) is 11.5. The lowest BCUT2D eigenvalue weighted by molar-refractivity contribution is -0.439. The minimum Gasteiger partial charge on any atom is -0.286 e. The second kappa shape index (κ2) is 10.3. The van der Waals surface area contributed by atoms with Crippen LogP contribution in [0.2, 0.25) is 0 Å². The minimum absolute atomic E-state index is 0.230. The summed E-state index contributed by atoms with van der Waals surface area (Å²) in [5, 5.41) is 0. The molecule has 0 aromatic heterocycles. The van der Waals surface area contributed by atoms with E-state index in [0.29, 0.717) is 19.4 Å². The molecule has 0 radical (unpaired) electrons. The highest BCUT2D eigenvalue weighted by Crippen LogP contribution is 2.43. The van der Waals surface area contributed by atoms with Crippen LogP contribution in [0.4, 0.5) is 11.4 Å². The fourth-order valence-corrected chi connectivity index (χ4v) is 5.41. The molecule has 2 aromatic rings. The van der Waals surface area contributed by atoms with Crippen molar-refractivity contribution >= 4 is 43.5 Å². The zero-order valence-corrected chi connectivity index (χ0v) is 20.1. The monoisotopic (exact) mass is 493 g/mol. The number of hydrogen-bond donors (Lipinski definition) is 2. The van der Waals surface area contributed by atoms with Gasteiger partial charge in [-0.15, -0.1) is 0 Å². The van der Waals surface area contributed by atoms with Gasteiger partial charge in [-0.05, 0) is 31.9 Å². The molecule has 1 aliphatic heterocycles. The molecule has 2 N–H and O–H groups in total. The van der Waals surface area contributed by atoms with Crippen molar-refractivity contribution in [3.63, 3.8) is 0 Å². The van der Waals surface area contributed by atoms with Gasteiger partial charge in [-0.2, -0.15) is 21.4 Å².